The lowest BCUT2D eigenvalue weighted by molar-refractivity contribution is -0.387. The maximum absolute atomic E-state index is 13.2. The van der Waals surface area contributed by atoms with Gasteiger partial charge in [0.15, 0.2) is 0 Å². The summed E-state index contributed by atoms with van der Waals surface area (Å²) in [5, 5.41) is 10.6. The first-order chi connectivity index (χ1) is 8.45. The first-order valence-corrected chi connectivity index (χ1v) is 4.94. The van der Waals surface area contributed by atoms with Crippen LogP contribution in [0.1, 0.15) is 12.5 Å². The van der Waals surface area contributed by atoms with E-state index in [4.69, 9.17) is 0 Å². The topological polar surface area (TPSA) is 69.4 Å². The van der Waals surface area contributed by atoms with Crippen molar-refractivity contribution >= 4 is 17.7 Å². The van der Waals surface area contributed by atoms with Crippen molar-refractivity contribution in [2.45, 2.75) is 6.92 Å². The summed E-state index contributed by atoms with van der Waals surface area (Å²) in [6.07, 6.45) is 1.80. The minimum absolute atomic E-state index is 0.128. The van der Waals surface area contributed by atoms with Gasteiger partial charge in [0.25, 0.3) is 0 Å². The zero-order valence-electron chi connectivity index (χ0n) is 9.35. The normalized spacial score (nSPS) is 10.6. The molecule has 0 unspecified atom stereocenters. The van der Waals surface area contributed by atoms with Crippen LogP contribution in [-0.2, 0) is 9.53 Å². The molecule has 0 N–H and O–H groups in total. The molecule has 0 heterocycles. The fourth-order valence-corrected chi connectivity index (χ4v) is 1.25. The summed E-state index contributed by atoms with van der Waals surface area (Å²) in [6, 6.07) is 1.16. The van der Waals surface area contributed by atoms with Crippen molar-refractivity contribution in [3.63, 3.8) is 0 Å². The van der Waals surface area contributed by atoms with Crippen molar-refractivity contribution in [2.75, 3.05) is 6.61 Å². The molecule has 0 amide bonds. The third-order valence-corrected chi connectivity index (χ3v) is 1.93. The second-order valence-corrected chi connectivity index (χ2v) is 3.17. The molecule has 1 rings (SSSR count). The van der Waals surface area contributed by atoms with E-state index in [0.717, 1.165) is 18.2 Å². The quantitative estimate of drug-likeness (QED) is 0.359. The number of nitro groups is 1. The number of hydrogen-bond acceptors (Lipinski definition) is 4. The number of esters is 1. The maximum Gasteiger partial charge on any atom is 0.330 e. The number of nitrogens with zero attached hydrogens (tertiary/aromatic N) is 1. The minimum atomic E-state index is -1.30. The summed E-state index contributed by atoms with van der Waals surface area (Å²) in [4.78, 5) is 20.6. The molecule has 7 heteroatoms. The van der Waals surface area contributed by atoms with Crippen molar-refractivity contribution < 1.29 is 23.2 Å². The Kier molecular flexibility index (Phi) is 4.47. The van der Waals surface area contributed by atoms with Gasteiger partial charge in [-0.05, 0) is 19.1 Å². The molecule has 0 aromatic heterocycles. The summed E-state index contributed by atoms with van der Waals surface area (Å²) in [5.41, 5.74) is -1.23. The van der Waals surface area contributed by atoms with Gasteiger partial charge in [-0.3, -0.25) is 10.1 Å². The van der Waals surface area contributed by atoms with Gasteiger partial charge in [-0.1, -0.05) is 0 Å². The van der Waals surface area contributed by atoms with E-state index < -0.39 is 28.2 Å². The highest BCUT2D eigenvalue weighted by molar-refractivity contribution is 5.87. The van der Waals surface area contributed by atoms with Crippen LogP contribution in [0.4, 0.5) is 14.5 Å². The number of rotatable bonds is 4. The Balaban J connectivity index is 3.15. The van der Waals surface area contributed by atoms with Crippen molar-refractivity contribution in [3.8, 4) is 0 Å². The van der Waals surface area contributed by atoms with Crippen molar-refractivity contribution in [1.82, 2.24) is 0 Å². The molecular formula is C11H9F2NO4. The Morgan fingerprint density at radius 2 is 2.17 bits per heavy atom. The third-order valence-electron chi connectivity index (χ3n) is 1.93. The van der Waals surface area contributed by atoms with Crippen LogP contribution in [0, 0.1) is 21.7 Å². The molecule has 0 bridgehead atoms. The molecule has 1 aromatic rings. The average molecular weight is 257 g/mol. The lowest BCUT2D eigenvalue weighted by Crippen LogP contribution is -2.00. The van der Waals surface area contributed by atoms with E-state index in [-0.39, 0.29) is 12.2 Å². The van der Waals surface area contributed by atoms with Crippen LogP contribution in [0.3, 0.4) is 0 Å². The summed E-state index contributed by atoms with van der Waals surface area (Å²) >= 11 is 0. The second-order valence-electron chi connectivity index (χ2n) is 3.17. The van der Waals surface area contributed by atoms with E-state index in [1.54, 1.807) is 6.92 Å². The van der Waals surface area contributed by atoms with Crippen LogP contribution in [0.5, 0.6) is 0 Å². The third kappa shape index (κ3) is 3.34. The van der Waals surface area contributed by atoms with E-state index in [0.29, 0.717) is 6.07 Å². The van der Waals surface area contributed by atoms with Crippen molar-refractivity contribution in [1.29, 1.82) is 0 Å². The molecule has 1 aromatic carbocycles. The van der Waals surface area contributed by atoms with Gasteiger partial charge in [-0.2, -0.15) is 4.39 Å². The van der Waals surface area contributed by atoms with E-state index >= 15 is 0 Å². The number of halogens is 2. The maximum atomic E-state index is 13.2. The first-order valence-electron chi connectivity index (χ1n) is 4.94. The lowest BCUT2D eigenvalue weighted by Gasteiger charge is -2.00. The molecule has 0 aliphatic rings. The number of nitro benzene ring substituents is 1. The highest BCUT2D eigenvalue weighted by atomic mass is 19.1. The van der Waals surface area contributed by atoms with Crippen molar-refractivity contribution in [2.24, 2.45) is 0 Å². The fraction of sp³-hybridized carbons (Fsp3) is 0.182. The monoisotopic (exact) mass is 257 g/mol. The molecule has 0 radical (unpaired) electrons. The van der Waals surface area contributed by atoms with E-state index in [2.05, 4.69) is 4.74 Å². The Hall–Kier alpha value is -2.31. The van der Waals surface area contributed by atoms with Crippen molar-refractivity contribution in [3.05, 3.63) is 45.5 Å². The molecular weight excluding hydrogens is 248 g/mol. The molecule has 0 aliphatic carbocycles. The van der Waals surface area contributed by atoms with E-state index in [1.807, 2.05) is 0 Å². The molecule has 0 atom stereocenters. The molecule has 0 fully saturated rings. The van der Waals surface area contributed by atoms with Crippen LogP contribution in [-0.4, -0.2) is 17.5 Å². The molecule has 0 saturated carbocycles. The van der Waals surface area contributed by atoms with Crippen LogP contribution < -0.4 is 0 Å². The van der Waals surface area contributed by atoms with Crippen LogP contribution in [0.25, 0.3) is 6.08 Å². The largest absolute Gasteiger partial charge is 0.463 e. The molecule has 18 heavy (non-hydrogen) atoms. The van der Waals surface area contributed by atoms with Gasteiger partial charge >= 0.3 is 11.7 Å². The Morgan fingerprint density at radius 3 is 2.72 bits per heavy atom. The Bertz CT molecular complexity index is 514. The Morgan fingerprint density at radius 1 is 1.50 bits per heavy atom. The van der Waals surface area contributed by atoms with Gasteiger partial charge < -0.3 is 4.74 Å². The molecule has 96 valence electrons. The van der Waals surface area contributed by atoms with Crippen LogP contribution in [0.2, 0.25) is 0 Å². The average Bonchev–Trinajstić information content (AvgIpc) is 2.25. The van der Waals surface area contributed by atoms with Gasteiger partial charge in [0.2, 0.25) is 5.82 Å². The van der Waals surface area contributed by atoms with Gasteiger partial charge in [0, 0.05) is 12.1 Å². The zero-order chi connectivity index (χ0) is 13.7. The molecule has 0 saturated heterocycles. The number of benzene rings is 1. The minimum Gasteiger partial charge on any atom is -0.463 e. The van der Waals surface area contributed by atoms with Gasteiger partial charge in [0.1, 0.15) is 5.82 Å². The zero-order valence-corrected chi connectivity index (χ0v) is 9.35. The molecule has 5 nitrogen and oxygen atoms in total. The number of carbonyl (C=O) groups excluding carboxylic acids is 1. The summed E-state index contributed by atoms with van der Waals surface area (Å²) in [7, 11) is 0. The number of ether oxygens (including phenoxy) is 1. The number of carbonyl (C=O) groups is 1. The summed E-state index contributed by atoms with van der Waals surface area (Å²) in [6.45, 7) is 1.71. The van der Waals surface area contributed by atoms with E-state index in [9.17, 15) is 23.7 Å². The first kappa shape index (κ1) is 13.8. The van der Waals surface area contributed by atoms with Gasteiger partial charge in [-0.25, -0.2) is 9.18 Å². The molecule has 0 spiro atoms. The van der Waals surface area contributed by atoms with E-state index in [1.165, 1.54) is 0 Å². The van der Waals surface area contributed by atoms with Crippen LogP contribution >= 0.6 is 0 Å². The second kappa shape index (κ2) is 5.85. The predicted molar refractivity (Wildman–Crippen MR) is 58.7 cm³/mol. The lowest BCUT2D eigenvalue weighted by atomic mass is 10.1. The summed E-state index contributed by atoms with van der Waals surface area (Å²) < 4.78 is 30.7. The predicted octanol–water partition coefficient (Wildman–Crippen LogP) is 2.45. The fourth-order valence-electron chi connectivity index (χ4n) is 1.25. The highest BCUT2D eigenvalue weighted by Gasteiger charge is 2.20. The number of hydrogen-bond donors (Lipinski definition) is 0. The van der Waals surface area contributed by atoms with Crippen LogP contribution in [0.15, 0.2) is 18.2 Å². The van der Waals surface area contributed by atoms with Gasteiger partial charge in [-0.15, -0.1) is 0 Å². The highest BCUT2D eigenvalue weighted by Crippen LogP contribution is 2.25. The molecule has 0 aliphatic heterocycles. The standard InChI is InChI=1S/C11H9F2NO4/c1-2-18-10(15)4-3-7-5-8(12)6-9(13)11(7)14(16)17/h3-6H,2H2,1H3. The van der Waals surface area contributed by atoms with Gasteiger partial charge in [0.05, 0.1) is 17.1 Å². The Labute approximate surface area is 101 Å². The SMILES string of the molecule is CCOC(=O)C=Cc1cc(F)cc(F)c1[N+](=O)[O-]. The smallest absolute Gasteiger partial charge is 0.330 e. The summed E-state index contributed by atoms with van der Waals surface area (Å²) in [5.74, 6) is -3.03.